The number of hydrogen-bond acceptors (Lipinski definition) is 2. The van der Waals surface area contributed by atoms with Crippen molar-refractivity contribution in [2.75, 3.05) is 6.61 Å². The van der Waals surface area contributed by atoms with Crippen molar-refractivity contribution in [1.29, 1.82) is 0 Å². The molecular formula is C15H20O2. The third-order valence-corrected chi connectivity index (χ3v) is 2.38. The number of aliphatic hydroxyl groups excluding tert-OH is 1. The van der Waals surface area contributed by atoms with Gasteiger partial charge in [0.2, 0.25) is 0 Å². The summed E-state index contributed by atoms with van der Waals surface area (Å²) in [5, 5.41) is 9.30. The van der Waals surface area contributed by atoms with Crippen LogP contribution in [0.2, 0.25) is 0 Å². The number of aryl methyl sites for hydroxylation is 1. The van der Waals surface area contributed by atoms with Gasteiger partial charge in [-0.05, 0) is 36.5 Å². The minimum absolute atomic E-state index is 0.516. The smallest absolute Gasteiger partial charge is 0.119 e. The van der Waals surface area contributed by atoms with Crippen LogP contribution in [0.1, 0.15) is 25.8 Å². The summed E-state index contributed by atoms with van der Waals surface area (Å²) in [6.45, 7) is 4.96. The lowest BCUT2D eigenvalue weighted by molar-refractivity contribution is 0.222. The van der Waals surface area contributed by atoms with Crippen LogP contribution in [0.25, 0.3) is 0 Å². The fourth-order valence-electron chi connectivity index (χ4n) is 1.44. The Balaban J connectivity index is 2.51. The third-order valence-electron chi connectivity index (χ3n) is 2.38. The molecule has 0 fully saturated rings. The quantitative estimate of drug-likeness (QED) is 0.764. The lowest BCUT2D eigenvalue weighted by Gasteiger charge is -2.10. The largest absolute Gasteiger partial charge is 0.493 e. The maximum Gasteiger partial charge on any atom is 0.119 e. The van der Waals surface area contributed by atoms with Crippen molar-refractivity contribution in [2.45, 2.75) is 32.8 Å². The Bertz CT molecular complexity index is 377. The standard InChI is InChI=1S/C15H20O2/c1-4-14(16)9-8-13-6-5-7-15(10-13)17-11-12(2)3/h1,5-7,10,12,14,16H,8-9,11H2,2-3H3. The van der Waals surface area contributed by atoms with Gasteiger partial charge in [0.15, 0.2) is 0 Å². The van der Waals surface area contributed by atoms with Crippen LogP contribution in [-0.4, -0.2) is 17.8 Å². The SMILES string of the molecule is C#CC(O)CCc1cccc(OCC(C)C)c1. The number of benzene rings is 1. The summed E-state index contributed by atoms with van der Waals surface area (Å²) >= 11 is 0. The molecule has 0 radical (unpaired) electrons. The molecule has 0 aliphatic carbocycles. The van der Waals surface area contributed by atoms with Crippen LogP contribution in [0.3, 0.4) is 0 Å². The highest BCUT2D eigenvalue weighted by atomic mass is 16.5. The number of rotatable bonds is 6. The molecule has 1 rings (SSSR count). The average Bonchev–Trinajstić information content (AvgIpc) is 2.34. The zero-order chi connectivity index (χ0) is 12.7. The maximum atomic E-state index is 9.30. The summed E-state index contributed by atoms with van der Waals surface area (Å²) in [5.74, 6) is 3.71. The maximum absolute atomic E-state index is 9.30. The molecule has 1 N–H and O–H groups in total. The third kappa shape index (κ3) is 5.42. The zero-order valence-corrected chi connectivity index (χ0v) is 10.5. The molecule has 92 valence electrons. The molecule has 17 heavy (non-hydrogen) atoms. The molecule has 1 aromatic rings. The van der Waals surface area contributed by atoms with E-state index in [2.05, 4.69) is 19.8 Å². The topological polar surface area (TPSA) is 29.5 Å². The molecule has 2 nitrogen and oxygen atoms in total. The average molecular weight is 232 g/mol. The van der Waals surface area contributed by atoms with Gasteiger partial charge in [0.25, 0.3) is 0 Å². The predicted molar refractivity (Wildman–Crippen MR) is 69.9 cm³/mol. The van der Waals surface area contributed by atoms with Crippen molar-refractivity contribution in [1.82, 2.24) is 0 Å². The molecule has 0 bridgehead atoms. The lowest BCUT2D eigenvalue weighted by atomic mass is 10.1. The Morgan fingerprint density at radius 1 is 1.41 bits per heavy atom. The van der Waals surface area contributed by atoms with Gasteiger partial charge in [-0.3, -0.25) is 0 Å². The lowest BCUT2D eigenvalue weighted by Crippen LogP contribution is -2.06. The van der Waals surface area contributed by atoms with Gasteiger partial charge in [-0.2, -0.15) is 0 Å². The molecule has 1 aromatic carbocycles. The van der Waals surface area contributed by atoms with E-state index in [1.54, 1.807) is 0 Å². The van der Waals surface area contributed by atoms with E-state index in [0.29, 0.717) is 12.3 Å². The second-order valence-electron chi connectivity index (χ2n) is 4.57. The Labute approximate surface area is 104 Å². The van der Waals surface area contributed by atoms with Crippen molar-refractivity contribution in [3.8, 4) is 18.1 Å². The van der Waals surface area contributed by atoms with E-state index in [1.165, 1.54) is 0 Å². The normalized spacial score (nSPS) is 12.2. The van der Waals surface area contributed by atoms with Crippen molar-refractivity contribution in [3.05, 3.63) is 29.8 Å². The summed E-state index contributed by atoms with van der Waals surface area (Å²) in [4.78, 5) is 0. The number of hydrogen-bond donors (Lipinski definition) is 1. The summed E-state index contributed by atoms with van der Waals surface area (Å²) < 4.78 is 5.64. The monoisotopic (exact) mass is 232 g/mol. The van der Waals surface area contributed by atoms with Gasteiger partial charge in [-0.25, -0.2) is 0 Å². The van der Waals surface area contributed by atoms with Gasteiger partial charge in [0, 0.05) is 0 Å². The molecule has 0 amide bonds. The minimum Gasteiger partial charge on any atom is -0.493 e. The zero-order valence-electron chi connectivity index (χ0n) is 10.5. The molecule has 0 heterocycles. The Morgan fingerprint density at radius 2 is 2.18 bits per heavy atom. The van der Waals surface area contributed by atoms with Gasteiger partial charge in [0.05, 0.1) is 6.61 Å². The van der Waals surface area contributed by atoms with Crippen LogP contribution in [0.5, 0.6) is 5.75 Å². The van der Waals surface area contributed by atoms with E-state index >= 15 is 0 Å². The van der Waals surface area contributed by atoms with E-state index in [9.17, 15) is 5.11 Å². The first-order chi connectivity index (χ1) is 8.11. The summed E-state index contributed by atoms with van der Waals surface area (Å²) in [5.41, 5.74) is 1.14. The molecule has 1 atom stereocenters. The van der Waals surface area contributed by atoms with Gasteiger partial charge in [0.1, 0.15) is 11.9 Å². The first-order valence-corrected chi connectivity index (χ1v) is 5.97. The number of aliphatic hydroxyl groups is 1. The highest BCUT2D eigenvalue weighted by Crippen LogP contribution is 2.16. The second kappa shape index (κ2) is 6.98. The van der Waals surface area contributed by atoms with E-state index in [-0.39, 0.29) is 0 Å². The molecule has 0 saturated carbocycles. The Kier molecular flexibility index (Phi) is 5.59. The molecular weight excluding hydrogens is 212 g/mol. The van der Waals surface area contributed by atoms with E-state index < -0.39 is 6.10 Å². The summed E-state index contributed by atoms with van der Waals surface area (Å²) in [6.07, 6.45) is 5.82. The van der Waals surface area contributed by atoms with Gasteiger partial charge in [-0.15, -0.1) is 6.42 Å². The molecule has 0 aliphatic heterocycles. The molecule has 0 aromatic heterocycles. The van der Waals surface area contributed by atoms with Gasteiger partial charge in [-0.1, -0.05) is 31.9 Å². The van der Waals surface area contributed by atoms with Crippen LogP contribution < -0.4 is 4.74 Å². The Morgan fingerprint density at radius 3 is 2.82 bits per heavy atom. The van der Waals surface area contributed by atoms with E-state index in [0.717, 1.165) is 24.3 Å². The van der Waals surface area contributed by atoms with Crippen LogP contribution in [0.15, 0.2) is 24.3 Å². The van der Waals surface area contributed by atoms with Crippen molar-refractivity contribution >= 4 is 0 Å². The Hall–Kier alpha value is -1.46. The highest BCUT2D eigenvalue weighted by Gasteiger charge is 2.02. The molecule has 0 saturated heterocycles. The number of terminal acetylenes is 1. The van der Waals surface area contributed by atoms with Gasteiger partial charge >= 0.3 is 0 Å². The predicted octanol–water partition coefficient (Wildman–Crippen LogP) is 2.65. The van der Waals surface area contributed by atoms with Crippen molar-refractivity contribution in [2.24, 2.45) is 5.92 Å². The first-order valence-electron chi connectivity index (χ1n) is 5.97. The number of ether oxygens (including phenoxy) is 1. The molecule has 0 aliphatic rings. The second-order valence-corrected chi connectivity index (χ2v) is 4.57. The van der Waals surface area contributed by atoms with E-state index in [4.69, 9.17) is 11.2 Å². The van der Waals surface area contributed by atoms with E-state index in [1.807, 2.05) is 24.3 Å². The molecule has 1 unspecified atom stereocenters. The fraction of sp³-hybridized carbons (Fsp3) is 0.467. The minimum atomic E-state index is -0.657. The highest BCUT2D eigenvalue weighted by molar-refractivity contribution is 5.28. The summed E-state index contributed by atoms with van der Waals surface area (Å²) in [7, 11) is 0. The van der Waals surface area contributed by atoms with Gasteiger partial charge < -0.3 is 9.84 Å². The molecule has 0 spiro atoms. The van der Waals surface area contributed by atoms with Crippen LogP contribution in [-0.2, 0) is 6.42 Å². The van der Waals surface area contributed by atoms with Crippen LogP contribution >= 0.6 is 0 Å². The van der Waals surface area contributed by atoms with Crippen molar-refractivity contribution < 1.29 is 9.84 Å². The van der Waals surface area contributed by atoms with Crippen LogP contribution in [0.4, 0.5) is 0 Å². The first kappa shape index (κ1) is 13.6. The van der Waals surface area contributed by atoms with Crippen LogP contribution in [0, 0.1) is 18.3 Å². The summed E-state index contributed by atoms with van der Waals surface area (Å²) in [6, 6.07) is 7.94. The van der Waals surface area contributed by atoms with Crippen molar-refractivity contribution in [3.63, 3.8) is 0 Å². The molecule has 2 heteroatoms. The fourth-order valence-corrected chi connectivity index (χ4v) is 1.44.